The second-order valence-corrected chi connectivity index (χ2v) is 4.42. The molecule has 2 nitrogen and oxygen atoms in total. The van der Waals surface area contributed by atoms with Crippen molar-refractivity contribution in [3.63, 3.8) is 0 Å². The molecule has 16 heavy (non-hydrogen) atoms. The number of aliphatic imine (C=N–C) groups is 1. The van der Waals surface area contributed by atoms with Gasteiger partial charge in [-0.05, 0) is 24.6 Å². The topological polar surface area (TPSA) is 15.6 Å². The van der Waals surface area contributed by atoms with E-state index in [4.69, 9.17) is 0 Å². The van der Waals surface area contributed by atoms with Gasteiger partial charge in [0.25, 0.3) is 0 Å². The van der Waals surface area contributed by atoms with Crippen LogP contribution in [0.1, 0.15) is 20.8 Å². The van der Waals surface area contributed by atoms with Crippen molar-refractivity contribution in [2.45, 2.75) is 25.7 Å². The molecule has 1 rings (SSSR count). The van der Waals surface area contributed by atoms with Gasteiger partial charge in [0.15, 0.2) is 0 Å². The summed E-state index contributed by atoms with van der Waals surface area (Å²) >= 11 is 1.80. The second-order valence-electron chi connectivity index (χ2n) is 3.11. The minimum absolute atomic E-state index is 0.990. The van der Waals surface area contributed by atoms with Crippen molar-refractivity contribution in [1.29, 1.82) is 0 Å². The van der Waals surface area contributed by atoms with Crippen molar-refractivity contribution in [3.8, 4) is 0 Å². The van der Waals surface area contributed by atoms with E-state index in [1.54, 1.807) is 11.8 Å². The highest BCUT2D eigenvalue weighted by atomic mass is 32.2. The Hall–Kier alpha value is -0.960. The normalized spacial score (nSPS) is 9.06. The fraction of sp³-hybridized carbons (Fsp3) is 0.462. The van der Waals surface area contributed by atoms with E-state index in [9.17, 15) is 0 Å². The largest absolute Gasteiger partial charge is 0.376 e. The van der Waals surface area contributed by atoms with Crippen molar-refractivity contribution in [2.24, 2.45) is 4.99 Å². The molecule has 90 valence electrons. The van der Waals surface area contributed by atoms with Crippen LogP contribution >= 0.6 is 11.8 Å². The molecule has 0 aliphatic carbocycles. The predicted octanol–water partition coefficient (Wildman–Crippen LogP) is 4.22. The van der Waals surface area contributed by atoms with Crippen LogP contribution < -0.4 is 4.90 Å². The molecule has 0 unspecified atom stereocenters. The fourth-order valence-corrected chi connectivity index (χ4v) is 2.09. The molecule has 0 aliphatic heterocycles. The Bertz CT molecular complexity index is 322. The van der Waals surface area contributed by atoms with Gasteiger partial charge in [-0.25, -0.2) is 0 Å². The molecule has 0 aromatic heterocycles. The molecule has 0 N–H and O–H groups in total. The Morgan fingerprint density at radius 1 is 1.31 bits per heavy atom. The molecule has 0 saturated carbocycles. The molecule has 1 aromatic carbocycles. The van der Waals surface area contributed by atoms with E-state index in [2.05, 4.69) is 41.7 Å². The number of nitrogens with zero attached hydrogens (tertiary/aromatic N) is 2. The van der Waals surface area contributed by atoms with Gasteiger partial charge in [-0.3, -0.25) is 4.99 Å². The molecule has 1 aromatic rings. The molecule has 0 aliphatic rings. The van der Waals surface area contributed by atoms with Crippen molar-refractivity contribution in [2.75, 3.05) is 24.7 Å². The third-order valence-electron chi connectivity index (χ3n) is 1.92. The Morgan fingerprint density at radius 2 is 1.94 bits per heavy atom. The summed E-state index contributed by atoms with van der Waals surface area (Å²) in [7, 11) is 4.04. The van der Waals surface area contributed by atoms with Crippen LogP contribution in [0.5, 0.6) is 0 Å². The zero-order valence-electron chi connectivity index (χ0n) is 10.9. The number of hydrogen-bond donors (Lipinski definition) is 0. The van der Waals surface area contributed by atoms with Gasteiger partial charge in [-0.15, -0.1) is 11.8 Å². The standard InChI is InChI=1S/C11H16N2S.C2H6/c1-5-14-10-8-6-7-9(13(3)4)11(10)12-2;1-2/h6-8H,2,5H2,1,3-4H3;1-2H3. The van der Waals surface area contributed by atoms with Crippen LogP contribution in [0, 0.1) is 0 Å². The number of anilines is 1. The molecule has 0 saturated heterocycles. The maximum atomic E-state index is 4.10. The quantitative estimate of drug-likeness (QED) is 0.576. The summed E-state index contributed by atoms with van der Waals surface area (Å²) in [4.78, 5) is 7.36. The molecule has 0 heterocycles. The Kier molecular flexibility index (Phi) is 7.73. The van der Waals surface area contributed by atoms with Crippen LogP contribution in [0.3, 0.4) is 0 Å². The van der Waals surface area contributed by atoms with Crippen LogP contribution in [0.25, 0.3) is 0 Å². The average Bonchev–Trinajstić information content (AvgIpc) is 2.31. The van der Waals surface area contributed by atoms with E-state index in [0.29, 0.717) is 0 Å². The summed E-state index contributed by atoms with van der Waals surface area (Å²) in [5.74, 6) is 1.05. The zero-order chi connectivity index (χ0) is 12.6. The van der Waals surface area contributed by atoms with Gasteiger partial charge in [-0.1, -0.05) is 26.8 Å². The molecule has 3 heteroatoms. The number of hydrogen-bond acceptors (Lipinski definition) is 3. The highest BCUT2D eigenvalue weighted by Crippen LogP contribution is 2.36. The van der Waals surface area contributed by atoms with Crippen LogP contribution in [0.2, 0.25) is 0 Å². The summed E-state index contributed by atoms with van der Waals surface area (Å²) in [5, 5.41) is 0. The third-order valence-corrected chi connectivity index (χ3v) is 2.85. The maximum Gasteiger partial charge on any atom is 0.0991 e. The van der Waals surface area contributed by atoms with Crippen LogP contribution in [-0.4, -0.2) is 26.6 Å². The molecule has 0 atom stereocenters. The molecule has 0 spiro atoms. The minimum atomic E-state index is 0.990. The molecule has 0 radical (unpaired) electrons. The first-order chi connectivity index (χ1) is 7.70. The molecule has 0 bridgehead atoms. The predicted molar refractivity (Wildman–Crippen MR) is 77.7 cm³/mol. The first kappa shape index (κ1) is 15.0. The summed E-state index contributed by atoms with van der Waals surface area (Å²) < 4.78 is 0. The third kappa shape index (κ3) is 3.89. The van der Waals surface area contributed by atoms with Gasteiger partial charge in [0.05, 0.1) is 11.4 Å². The molecule has 0 amide bonds. The number of thioether (sulfide) groups is 1. The maximum absolute atomic E-state index is 4.10. The Balaban J connectivity index is 0.00000106. The Morgan fingerprint density at radius 3 is 2.38 bits per heavy atom. The number of benzene rings is 1. The lowest BCUT2D eigenvalue weighted by molar-refractivity contribution is 1.12. The summed E-state index contributed by atoms with van der Waals surface area (Å²) in [6, 6.07) is 6.21. The van der Waals surface area contributed by atoms with Crippen molar-refractivity contribution < 1.29 is 0 Å². The lowest BCUT2D eigenvalue weighted by Gasteiger charge is -2.16. The van der Waals surface area contributed by atoms with Gasteiger partial charge in [0, 0.05) is 19.0 Å². The van der Waals surface area contributed by atoms with Gasteiger partial charge in [0.2, 0.25) is 0 Å². The first-order valence-corrected chi connectivity index (χ1v) is 6.59. The fourth-order valence-electron chi connectivity index (χ4n) is 1.30. The van der Waals surface area contributed by atoms with Gasteiger partial charge in [0.1, 0.15) is 0 Å². The van der Waals surface area contributed by atoms with Gasteiger partial charge in [-0.2, -0.15) is 0 Å². The number of rotatable bonds is 4. The highest BCUT2D eigenvalue weighted by molar-refractivity contribution is 7.99. The number of para-hydroxylation sites is 1. The molecule has 0 fully saturated rings. The van der Waals surface area contributed by atoms with E-state index < -0.39 is 0 Å². The van der Waals surface area contributed by atoms with E-state index in [1.807, 2.05) is 27.9 Å². The van der Waals surface area contributed by atoms with Gasteiger partial charge >= 0.3 is 0 Å². The first-order valence-electron chi connectivity index (χ1n) is 5.60. The summed E-state index contributed by atoms with van der Waals surface area (Å²) in [5.41, 5.74) is 2.11. The smallest absolute Gasteiger partial charge is 0.0991 e. The lowest BCUT2D eigenvalue weighted by Crippen LogP contribution is -2.08. The van der Waals surface area contributed by atoms with Crippen molar-refractivity contribution >= 4 is 29.9 Å². The van der Waals surface area contributed by atoms with Crippen molar-refractivity contribution in [3.05, 3.63) is 18.2 Å². The van der Waals surface area contributed by atoms with E-state index in [-0.39, 0.29) is 0 Å². The van der Waals surface area contributed by atoms with E-state index in [1.165, 1.54) is 4.90 Å². The summed E-state index contributed by atoms with van der Waals surface area (Å²) in [6.07, 6.45) is 0. The van der Waals surface area contributed by atoms with Crippen molar-refractivity contribution in [1.82, 2.24) is 0 Å². The highest BCUT2D eigenvalue weighted by Gasteiger charge is 2.07. The van der Waals surface area contributed by atoms with E-state index in [0.717, 1.165) is 17.1 Å². The summed E-state index contributed by atoms with van der Waals surface area (Å²) in [6.45, 7) is 9.77. The zero-order valence-corrected chi connectivity index (χ0v) is 11.8. The molecular weight excluding hydrogens is 216 g/mol. The van der Waals surface area contributed by atoms with Crippen LogP contribution in [-0.2, 0) is 0 Å². The van der Waals surface area contributed by atoms with E-state index >= 15 is 0 Å². The SMILES string of the molecule is C=Nc1c(SCC)cccc1N(C)C.CC. The van der Waals surface area contributed by atoms with Crippen LogP contribution in [0.4, 0.5) is 11.4 Å². The van der Waals surface area contributed by atoms with Crippen LogP contribution in [0.15, 0.2) is 28.1 Å². The monoisotopic (exact) mass is 238 g/mol. The molecular formula is C13H22N2S. The Labute approximate surface area is 104 Å². The second kappa shape index (κ2) is 8.22. The average molecular weight is 238 g/mol. The minimum Gasteiger partial charge on any atom is -0.376 e. The lowest BCUT2D eigenvalue weighted by atomic mass is 10.2. The van der Waals surface area contributed by atoms with Gasteiger partial charge < -0.3 is 4.90 Å².